The summed E-state index contributed by atoms with van der Waals surface area (Å²) in [4.78, 5) is 0. The van der Waals surface area contributed by atoms with Crippen LogP contribution in [0.4, 0.5) is 0 Å². The van der Waals surface area contributed by atoms with Crippen LogP contribution in [0, 0.1) is 26.0 Å². The molecule has 0 fully saturated rings. The average Bonchev–Trinajstić information content (AvgIpc) is 3.66. The van der Waals surface area contributed by atoms with Gasteiger partial charge in [-0.05, 0) is 80.3 Å². The van der Waals surface area contributed by atoms with Crippen molar-refractivity contribution >= 4 is 11.4 Å². The first-order valence-electron chi connectivity index (χ1n) is 28.9. The molecule has 0 saturated heterocycles. The van der Waals surface area contributed by atoms with Gasteiger partial charge in [0, 0.05) is 22.3 Å². The van der Waals surface area contributed by atoms with Crippen LogP contribution in [0.2, 0.25) is 0 Å². The van der Waals surface area contributed by atoms with E-state index in [1.54, 1.807) is 4.70 Å². The number of aryl methyl sites for hydroxylation is 4. The molecule has 0 amide bonds. The van der Waals surface area contributed by atoms with Crippen LogP contribution in [-0.4, -0.2) is 4.70 Å². The summed E-state index contributed by atoms with van der Waals surface area (Å²) >= 11 is 0. The maximum absolute atomic E-state index is 12.0. The molecule has 0 radical (unpaired) electrons. The van der Waals surface area contributed by atoms with Gasteiger partial charge < -0.3 is 5.53 Å². The summed E-state index contributed by atoms with van der Waals surface area (Å²) < 4.78 is 1.56. The van der Waals surface area contributed by atoms with Gasteiger partial charge in [-0.2, -0.15) is 71.8 Å². The quantitative estimate of drug-likeness (QED) is 0.0190. The maximum atomic E-state index is 12.0. The van der Waals surface area contributed by atoms with Crippen LogP contribution in [0.5, 0.6) is 0 Å². The molecule has 1 aliphatic rings. The Bertz CT molecular complexity index is 1900. The van der Waals surface area contributed by atoms with Crippen LogP contribution in [0.25, 0.3) is 16.9 Å². The largest absolute Gasteiger partial charge is 2.00 e. The normalized spacial score (nSPS) is 12.1. The van der Waals surface area contributed by atoms with Gasteiger partial charge in [-0.15, -0.1) is 0 Å². The number of nitrogens with zero attached hydrogens (tertiary/aromatic N) is 2. The van der Waals surface area contributed by atoms with Gasteiger partial charge in [0.05, 0.1) is 0 Å². The molecule has 388 valence electrons. The standard InChI is InChI=1S/C53H86N2.2C7H7.Pd/c1-5-9-12-13-14-15-16-17-18-19-20-21-22-23-24-25-26-27-28-29-30-31-32-33-34-43-51-50(8-4)52(48-41-35-39-46(44-48)37-10-6-2)55(54)53(51)49-42-36-40-47(45-49)38-11-7-3;2*1-7-5-3-2-4-6-7;/h35-36,39-42,44-45H,5-34,37-38,43H2,1-4H3;2*3-6H,1H3;/q;2*-1;+2. The Labute approximate surface area is 446 Å². The van der Waals surface area contributed by atoms with E-state index in [1.807, 2.05) is 48.5 Å². The van der Waals surface area contributed by atoms with Crippen molar-refractivity contribution in [3.05, 3.63) is 159 Å². The topological polar surface area (TPSA) is 25.3 Å². The maximum Gasteiger partial charge on any atom is 2.00 e. The SMILES string of the molecule is CCCCCCCCCCCCCCCCCCCCCCCCCCCC1=C(c2cccc(CCCC)c2)[N+](=[N-])C(c2cccc(CCCC)c2)=C1CC.Cc1cc[c-]cc1.Cc1cc[c-]cc1.[Pd+2]. The Morgan fingerprint density at radius 1 is 0.371 bits per heavy atom. The van der Waals surface area contributed by atoms with Crippen LogP contribution < -0.4 is 0 Å². The minimum atomic E-state index is 0. The Balaban J connectivity index is 0.000000952. The molecule has 0 aliphatic carbocycles. The Morgan fingerprint density at radius 2 is 0.686 bits per heavy atom. The van der Waals surface area contributed by atoms with Crippen molar-refractivity contribution in [1.82, 2.24) is 0 Å². The molecule has 0 bridgehead atoms. The van der Waals surface area contributed by atoms with Crippen molar-refractivity contribution in [3.8, 4) is 0 Å². The van der Waals surface area contributed by atoms with E-state index in [4.69, 9.17) is 0 Å². The van der Waals surface area contributed by atoms with Crippen LogP contribution in [-0.2, 0) is 33.3 Å². The van der Waals surface area contributed by atoms with Crippen molar-refractivity contribution < 1.29 is 25.1 Å². The third-order valence-corrected chi connectivity index (χ3v) is 14.1. The number of benzene rings is 4. The third-order valence-electron chi connectivity index (χ3n) is 14.1. The van der Waals surface area contributed by atoms with Crippen molar-refractivity contribution in [2.24, 2.45) is 0 Å². The minimum absolute atomic E-state index is 0. The molecule has 0 atom stereocenters. The molecular formula is C67H100N2Pd. The molecule has 4 aromatic carbocycles. The van der Waals surface area contributed by atoms with Crippen LogP contribution in [0.15, 0.2) is 108 Å². The van der Waals surface area contributed by atoms with Gasteiger partial charge in [0.25, 0.3) is 0 Å². The molecule has 0 unspecified atom stereocenters. The summed E-state index contributed by atoms with van der Waals surface area (Å²) in [5, 5.41) is 0. The number of rotatable bonds is 35. The number of unbranched alkanes of at least 4 members (excludes halogenated alkanes) is 26. The van der Waals surface area contributed by atoms with Crippen molar-refractivity contribution in [1.29, 1.82) is 0 Å². The van der Waals surface area contributed by atoms with E-state index < -0.39 is 0 Å². The summed E-state index contributed by atoms with van der Waals surface area (Å²) in [7, 11) is 0. The summed E-state index contributed by atoms with van der Waals surface area (Å²) in [5.41, 5.74) is 24.3. The van der Waals surface area contributed by atoms with Gasteiger partial charge in [0.15, 0.2) is 0 Å². The Kier molecular flexibility index (Phi) is 37.8. The van der Waals surface area contributed by atoms with E-state index in [0.717, 1.165) is 48.2 Å². The van der Waals surface area contributed by atoms with Gasteiger partial charge in [-0.1, -0.05) is 233 Å². The van der Waals surface area contributed by atoms with Gasteiger partial charge in [0.1, 0.15) is 0 Å². The zero-order valence-electron chi connectivity index (χ0n) is 45.8. The summed E-state index contributed by atoms with van der Waals surface area (Å²) in [5.74, 6) is 0. The first kappa shape index (κ1) is 62.7. The Morgan fingerprint density at radius 3 is 0.986 bits per heavy atom. The van der Waals surface area contributed by atoms with Crippen LogP contribution in [0.1, 0.15) is 260 Å². The molecule has 5 rings (SSSR count). The molecule has 1 heterocycles. The fraction of sp³-hybridized carbons (Fsp3) is 0.582. The summed E-state index contributed by atoms with van der Waals surface area (Å²) in [6.45, 7) is 13.2. The number of hydrogen-bond acceptors (Lipinski definition) is 0. The summed E-state index contributed by atoms with van der Waals surface area (Å²) in [6, 6.07) is 39.6. The predicted octanol–water partition coefficient (Wildman–Crippen LogP) is 21.7. The smallest absolute Gasteiger partial charge is 0.493 e. The third kappa shape index (κ3) is 27.4. The first-order valence-corrected chi connectivity index (χ1v) is 28.9. The minimum Gasteiger partial charge on any atom is -0.493 e. The van der Waals surface area contributed by atoms with Gasteiger partial charge >= 0.3 is 20.4 Å². The second-order valence-electron chi connectivity index (χ2n) is 20.3. The number of hydrogen-bond donors (Lipinski definition) is 0. The van der Waals surface area contributed by atoms with Crippen molar-refractivity contribution in [2.75, 3.05) is 0 Å². The second-order valence-corrected chi connectivity index (χ2v) is 20.3. The molecule has 2 nitrogen and oxygen atoms in total. The fourth-order valence-electron chi connectivity index (χ4n) is 9.79. The van der Waals surface area contributed by atoms with E-state index in [1.165, 1.54) is 220 Å². The first-order chi connectivity index (χ1) is 33.9. The molecule has 1 aliphatic heterocycles. The Hall–Kier alpha value is -3.38. The van der Waals surface area contributed by atoms with Crippen LogP contribution >= 0.6 is 0 Å². The fourth-order valence-corrected chi connectivity index (χ4v) is 9.79. The van der Waals surface area contributed by atoms with Crippen molar-refractivity contribution in [3.63, 3.8) is 0 Å². The molecular weight excluding hydrogens is 939 g/mol. The van der Waals surface area contributed by atoms with E-state index >= 15 is 0 Å². The van der Waals surface area contributed by atoms with Crippen LogP contribution in [0.3, 0.4) is 0 Å². The summed E-state index contributed by atoms with van der Waals surface area (Å²) in [6.07, 6.45) is 44.5. The zero-order valence-corrected chi connectivity index (χ0v) is 47.3. The molecule has 70 heavy (non-hydrogen) atoms. The molecule has 0 saturated carbocycles. The van der Waals surface area contributed by atoms with E-state index in [-0.39, 0.29) is 20.4 Å². The van der Waals surface area contributed by atoms with E-state index in [9.17, 15) is 5.53 Å². The average molecular weight is 1040 g/mol. The van der Waals surface area contributed by atoms with E-state index in [0.29, 0.717) is 0 Å². The van der Waals surface area contributed by atoms with E-state index in [2.05, 4.69) is 102 Å². The van der Waals surface area contributed by atoms with Crippen molar-refractivity contribution in [2.45, 2.75) is 253 Å². The molecule has 4 aromatic rings. The monoisotopic (exact) mass is 1040 g/mol. The molecule has 0 spiro atoms. The molecule has 3 heteroatoms. The van der Waals surface area contributed by atoms with Gasteiger partial charge in [0.2, 0.25) is 11.4 Å². The molecule has 0 aromatic heterocycles. The van der Waals surface area contributed by atoms with Gasteiger partial charge in [-0.25, -0.2) is 4.70 Å². The molecule has 0 N–H and O–H groups in total. The number of allylic oxidation sites excluding steroid dienone is 2. The zero-order chi connectivity index (χ0) is 49.4. The predicted molar refractivity (Wildman–Crippen MR) is 304 cm³/mol. The van der Waals surface area contributed by atoms with Gasteiger partial charge in [-0.3, -0.25) is 0 Å². The second kappa shape index (κ2) is 42.2.